The lowest BCUT2D eigenvalue weighted by Crippen LogP contribution is -2.55. The molecule has 208 valence electrons. The van der Waals surface area contributed by atoms with Gasteiger partial charge in [0.25, 0.3) is 0 Å². The van der Waals surface area contributed by atoms with Crippen molar-refractivity contribution in [3.8, 4) is 0 Å². The van der Waals surface area contributed by atoms with Crippen molar-refractivity contribution >= 4 is 17.7 Å². The van der Waals surface area contributed by atoms with Crippen LogP contribution in [0.1, 0.15) is 76.8 Å². The molecule has 38 heavy (non-hydrogen) atoms. The summed E-state index contributed by atoms with van der Waals surface area (Å²) < 4.78 is 6.12. The Kier molecular flexibility index (Phi) is 9.24. The minimum Gasteiger partial charge on any atom is -0.386 e. The highest BCUT2D eigenvalue weighted by atomic mass is 16.5. The molecule has 0 bridgehead atoms. The number of likely N-dealkylation sites (tertiary alicyclic amines) is 2. The second-order valence-corrected chi connectivity index (χ2v) is 12.0. The fourth-order valence-corrected chi connectivity index (χ4v) is 6.91. The van der Waals surface area contributed by atoms with Crippen LogP contribution < -0.4 is 15.9 Å². The van der Waals surface area contributed by atoms with Crippen molar-refractivity contribution in [1.29, 1.82) is 0 Å². The van der Waals surface area contributed by atoms with Crippen LogP contribution in [0.25, 0.3) is 17.7 Å². The van der Waals surface area contributed by atoms with Gasteiger partial charge in [0.05, 0.1) is 23.8 Å². The molecule has 3 heterocycles. The number of piperidine rings is 2. The molecule has 0 spiro atoms. The number of ether oxygens (including phenoxy) is 1. The summed E-state index contributed by atoms with van der Waals surface area (Å²) in [5.74, 6) is 0.286. The summed E-state index contributed by atoms with van der Waals surface area (Å²) in [5, 5.41) is 14.1. The van der Waals surface area contributed by atoms with Gasteiger partial charge in [-0.05, 0) is 77.6 Å². The van der Waals surface area contributed by atoms with Gasteiger partial charge in [0.2, 0.25) is 0 Å². The molecule has 2 aliphatic carbocycles. The number of aromatic nitrogens is 2. The Morgan fingerprint density at radius 3 is 2.66 bits per heavy atom. The van der Waals surface area contributed by atoms with Crippen molar-refractivity contribution in [3.63, 3.8) is 0 Å². The van der Waals surface area contributed by atoms with Gasteiger partial charge in [0, 0.05) is 42.0 Å². The van der Waals surface area contributed by atoms with Crippen LogP contribution in [0.2, 0.25) is 0 Å². The van der Waals surface area contributed by atoms with Crippen LogP contribution >= 0.6 is 0 Å². The number of allylic oxidation sites excluding steroid dienone is 4. The van der Waals surface area contributed by atoms with Gasteiger partial charge in [-0.25, -0.2) is 0 Å². The number of rotatable bonds is 10. The third-order valence-electron chi connectivity index (χ3n) is 9.41. The number of fused-ring (bicyclic) bond motifs is 1. The van der Waals surface area contributed by atoms with Gasteiger partial charge in [0.1, 0.15) is 0 Å². The molecule has 6 heteroatoms. The summed E-state index contributed by atoms with van der Waals surface area (Å²) in [5.41, 5.74) is 3.62. The van der Waals surface area contributed by atoms with Gasteiger partial charge in [-0.15, -0.1) is 0 Å². The fourth-order valence-electron chi connectivity index (χ4n) is 6.91. The van der Waals surface area contributed by atoms with Crippen molar-refractivity contribution in [2.45, 2.75) is 82.8 Å². The molecule has 0 amide bonds. The van der Waals surface area contributed by atoms with E-state index in [1.54, 1.807) is 0 Å². The molecule has 2 aliphatic heterocycles. The number of H-pyrrole nitrogens is 1. The third kappa shape index (κ3) is 6.35. The molecular formula is C32H49N5O. The summed E-state index contributed by atoms with van der Waals surface area (Å²) in [7, 11) is 2.19. The first-order chi connectivity index (χ1) is 18.6. The summed E-state index contributed by atoms with van der Waals surface area (Å²) in [6.07, 6.45) is 24.2. The lowest BCUT2D eigenvalue weighted by molar-refractivity contribution is 0.0280. The van der Waals surface area contributed by atoms with Gasteiger partial charge in [-0.2, -0.15) is 5.10 Å². The van der Waals surface area contributed by atoms with Crippen molar-refractivity contribution in [2.24, 2.45) is 5.92 Å². The quantitative estimate of drug-likeness (QED) is 0.459. The van der Waals surface area contributed by atoms with E-state index < -0.39 is 0 Å². The molecule has 1 saturated carbocycles. The van der Waals surface area contributed by atoms with E-state index in [2.05, 4.69) is 71.1 Å². The molecule has 1 atom stereocenters. The summed E-state index contributed by atoms with van der Waals surface area (Å²) in [4.78, 5) is 5.18. The first kappa shape index (κ1) is 27.4. The van der Waals surface area contributed by atoms with Gasteiger partial charge >= 0.3 is 0 Å². The van der Waals surface area contributed by atoms with Gasteiger partial charge in [0.15, 0.2) is 0 Å². The molecule has 2 saturated heterocycles. The molecule has 6 nitrogen and oxygen atoms in total. The molecular weight excluding hydrogens is 470 g/mol. The lowest BCUT2D eigenvalue weighted by Gasteiger charge is -2.44. The fraction of sp³-hybridized carbons (Fsp3) is 0.656. The largest absolute Gasteiger partial charge is 0.386 e. The topological polar surface area (TPSA) is 56.4 Å². The van der Waals surface area contributed by atoms with E-state index in [-0.39, 0.29) is 5.92 Å². The molecule has 2 N–H and O–H groups in total. The van der Waals surface area contributed by atoms with Crippen molar-refractivity contribution in [2.75, 3.05) is 46.4 Å². The Bertz CT molecular complexity index is 1110. The second kappa shape index (κ2) is 12.8. The van der Waals surface area contributed by atoms with E-state index in [4.69, 9.17) is 9.84 Å². The standard InChI is InChI=1S/C32H49N5O/c1-4-26(11-10-22-38-28-14-20-36(3)21-15-28)31-29-23-27(12-13-30(29)34-35-31)25(2)33-24-32(16-6-7-17-32)37-18-8-5-9-19-37/h4,10-11,13,23,27-28,33-34H,2,5-9,12,14-22,24H2,1,3H3/b11-10-,26-4+. The van der Waals surface area contributed by atoms with Crippen LogP contribution in [-0.4, -0.2) is 78.0 Å². The number of hydrogen-bond acceptors (Lipinski definition) is 5. The summed E-state index contributed by atoms with van der Waals surface area (Å²) in [6.45, 7) is 13.1. The molecule has 1 unspecified atom stereocenters. The predicted molar refractivity (Wildman–Crippen MR) is 158 cm³/mol. The molecule has 0 radical (unpaired) electrons. The predicted octanol–water partition coefficient (Wildman–Crippen LogP) is 3.96. The first-order valence-corrected chi connectivity index (χ1v) is 15.2. The molecule has 3 fully saturated rings. The molecule has 5 rings (SSSR count). The summed E-state index contributed by atoms with van der Waals surface area (Å²) >= 11 is 0. The van der Waals surface area contributed by atoms with Crippen molar-refractivity contribution in [1.82, 2.24) is 25.3 Å². The van der Waals surface area contributed by atoms with Crippen LogP contribution in [0.3, 0.4) is 0 Å². The highest BCUT2D eigenvalue weighted by molar-refractivity contribution is 5.72. The Morgan fingerprint density at radius 1 is 1.16 bits per heavy atom. The zero-order valence-corrected chi connectivity index (χ0v) is 23.8. The van der Waals surface area contributed by atoms with Crippen molar-refractivity contribution < 1.29 is 4.74 Å². The van der Waals surface area contributed by atoms with Crippen LogP contribution in [0.15, 0.2) is 30.5 Å². The molecule has 0 aromatic carbocycles. The van der Waals surface area contributed by atoms with E-state index in [0.29, 0.717) is 18.2 Å². The van der Waals surface area contributed by atoms with Gasteiger partial charge < -0.3 is 15.0 Å². The number of hydrogen-bond donors (Lipinski definition) is 2. The Labute approximate surface area is 229 Å². The van der Waals surface area contributed by atoms with Crippen molar-refractivity contribution in [3.05, 3.63) is 46.8 Å². The first-order valence-electron chi connectivity index (χ1n) is 15.2. The normalized spacial score (nSPS) is 25.2. The zero-order chi connectivity index (χ0) is 26.4. The van der Waals surface area contributed by atoms with Crippen LogP contribution in [-0.2, 0) is 4.74 Å². The molecule has 1 aromatic rings. The zero-order valence-electron chi connectivity index (χ0n) is 23.8. The molecule has 1 aromatic heterocycles. The Morgan fingerprint density at radius 2 is 1.92 bits per heavy atom. The van der Waals surface area contributed by atoms with E-state index >= 15 is 0 Å². The average Bonchev–Trinajstić information content (AvgIpc) is 3.61. The van der Waals surface area contributed by atoms with Crippen LogP contribution in [0.5, 0.6) is 0 Å². The number of nitrogens with zero attached hydrogens (tertiary/aromatic N) is 3. The number of nitrogens with one attached hydrogen (secondary N) is 2. The third-order valence-corrected chi connectivity index (χ3v) is 9.41. The highest BCUT2D eigenvalue weighted by Crippen LogP contribution is 2.37. The van der Waals surface area contributed by atoms with Gasteiger partial charge in [-0.1, -0.05) is 56.2 Å². The monoisotopic (exact) mass is 519 g/mol. The highest BCUT2D eigenvalue weighted by Gasteiger charge is 2.39. The maximum atomic E-state index is 6.12. The van der Waals surface area contributed by atoms with E-state index in [1.807, 2.05) is 0 Å². The smallest absolute Gasteiger partial charge is 0.0992 e. The second-order valence-electron chi connectivity index (χ2n) is 12.0. The minimum atomic E-state index is 0.286. The lowest BCUT2D eigenvalue weighted by atomic mass is 9.90. The van der Waals surface area contributed by atoms with Crippen LogP contribution in [0, 0.1) is 5.92 Å². The Hall–Kier alpha value is -2.15. The van der Waals surface area contributed by atoms with E-state index in [1.165, 1.54) is 63.3 Å². The maximum absolute atomic E-state index is 6.12. The average molecular weight is 520 g/mol. The molecule has 4 aliphatic rings. The SMILES string of the molecule is C=C(NCC1(N2CCCCC2)CCCC1)C1C=c2c(C(/C=C\COC3CCN(C)CC3)=C/C)n[nH]c2=CC1. The van der Waals surface area contributed by atoms with E-state index in [0.717, 1.165) is 61.2 Å². The minimum absolute atomic E-state index is 0.286. The number of aromatic amines is 1. The van der Waals surface area contributed by atoms with E-state index in [9.17, 15) is 0 Å². The Balaban J connectivity index is 1.21. The summed E-state index contributed by atoms with van der Waals surface area (Å²) in [6, 6.07) is 0. The van der Waals surface area contributed by atoms with Crippen LogP contribution in [0.4, 0.5) is 0 Å². The maximum Gasteiger partial charge on any atom is 0.0992 e. The van der Waals surface area contributed by atoms with Gasteiger partial charge in [-0.3, -0.25) is 10.00 Å².